The highest BCUT2D eigenvalue weighted by atomic mass is 16.3. The van der Waals surface area contributed by atoms with E-state index >= 15 is 0 Å². The van der Waals surface area contributed by atoms with Crippen molar-refractivity contribution >= 4 is 5.78 Å². The van der Waals surface area contributed by atoms with Crippen LogP contribution in [0.15, 0.2) is 22.3 Å². The van der Waals surface area contributed by atoms with E-state index < -0.39 is 0 Å². The summed E-state index contributed by atoms with van der Waals surface area (Å²) in [5, 5.41) is 0. The number of aryl methyl sites for hydroxylation is 1. The van der Waals surface area contributed by atoms with Crippen LogP contribution in [0.1, 0.15) is 43.1 Å². The topological polar surface area (TPSA) is 30.2 Å². The molecule has 1 heterocycles. The summed E-state index contributed by atoms with van der Waals surface area (Å²) in [6, 6.07) is 0. The van der Waals surface area contributed by atoms with Crippen molar-refractivity contribution in [2.75, 3.05) is 0 Å². The average molecular weight is 230 g/mol. The highest BCUT2D eigenvalue weighted by Gasteiger charge is 2.39. The van der Waals surface area contributed by atoms with Crippen molar-refractivity contribution in [2.45, 2.75) is 39.5 Å². The Bertz CT molecular complexity index is 507. The highest BCUT2D eigenvalue weighted by Crippen LogP contribution is 2.47. The van der Waals surface area contributed by atoms with Gasteiger partial charge in [-0.2, -0.15) is 0 Å². The number of carbonyl (C=O) groups is 1. The summed E-state index contributed by atoms with van der Waals surface area (Å²) >= 11 is 0. The summed E-state index contributed by atoms with van der Waals surface area (Å²) in [7, 11) is 0. The third-order valence-electron chi connectivity index (χ3n) is 4.43. The van der Waals surface area contributed by atoms with Gasteiger partial charge >= 0.3 is 0 Å². The number of Topliss-reactive ketones (excluding diaryl/α,β-unsaturated/α-hetero) is 1. The molecule has 1 aromatic heterocycles. The molecule has 90 valence electrons. The molecule has 0 spiro atoms. The number of ketones is 1. The van der Waals surface area contributed by atoms with Gasteiger partial charge in [0, 0.05) is 24.3 Å². The maximum atomic E-state index is 11.8. The molecule has 0 N–H and O–H groups in total. The Morgan fingerprint density at radius 2 is 2.06 bits per heavy atom. The zero-order valence-electron chi connectivity index (χ0n) is 10.6. The molecule has 1 aromatic rings. The van der Waals surface area contributed by atoms with Crippen LogP contribution in [-0.4, -0.2) is 5.78 Å². The zero-order chi connectivity index (χ0) is 12.2. The fourth-order valence-electron chi connectivity index (χ4n) is 3.40. The van der Waals surface area contributed by atoms with Crippen molar-refractivity contribution in [3.63, 3.8) is 0 Å². The van der Waals surface area contributed by atoms with E-state index in [1.165, 1.54) is 11.1 Å². The quantitative estimate of drug-likeness (QED) is 0.683. The Morgan fingerprint density at radius 1 is 1.29 bits per heavy atom. The lowest BCUT2D eigenvalue weighted by atomic mass is 9.66. The lowest BCUT2D eigenvalue weighted by molar-refractivity contribution is -0.117. The first-order chi connectivity index (χ1) is 8.08. The fourth-order valence-corrected chi connectivity index (χ4v) is 3.40. The molecule has 0 fully saturated rings. The summed E-state index contributed by atoms with van der Waals surface area (Å²) in [5.74, 6) is 2.85. The Balaban J connectivity index is 2.14. The second-order valence-electron chi connectivity index (χ2n) is 5.60. The van der Waals surface area contributed by atoms with Gasteiger partial charge in [-0.15, -0.1) is 0 Å². The van der Waals surface area contributed by atoms with Crippen LogP contribution in [0.5, 0.6) is 0 Å². The number of rotatable bonds is 0. The van der Waals surface area contributed by atoms with Crippen LogP contribution >= 0.6 is 0 Å². The molecule has 0 aliphatic heterocycles. The third kappa shape index (κ3) is 1.50. The molecule has 3 rings (SSSR count). The van der Waals surface area contributed by atoms with Crippen LogP contribution in [0.3, 0.4) is 0 Å². The van der Waals surface area contributed by atoms with Crippen molar-refractivity contribution in [1.29, 1.82) is 0 Å². The van der Waals surface area contributed by atoms with Crippen LogP contribution in [0.25, 0.3) is 0 Å². The van der Waals surface area contributed by atoms with E-state index in [2.05, 4.69) is 19.9 Å². The Morgan fingerprint density at radius 3 is 2.82 bits per heavy atom. The summed E-state index contributed by atoms with van der Waals surface area (Å²) in [6.45, 7) is 6.28. The molecule has 0 radical (unpaired) electrons. The standard InChI is InChI=1S/C15H18O2/c1-8-5-14-15(10(3)7-17-14)12-4-9(2)13(16)6-11(8)12/h4,7-8,11-12H,5-6H2,1-3H3/t8-,11-,12+/m0/s1. The number of hydrogen-bond acceptors (Lipinski definition) is 2. The van der Waals surface area contributed by atoms with Gasteiger partial charge in [-0.05, 0) is 36.8 Å². The second kappa shape index (κ2) is 3.59. The molecule has 2 heteroatoms. The number of furan rings is 1. The third-order valence-corrected chi connectivity index (χ3v) is 4.43. The predicted molar refractivity (Wildman–Crippen MR) is 65.9 cm³/mol. The molecule has 2 aliphatic rings. The molecule has 17 heavy (non-hydrogen) atoms. The van der Waals surface area contributed by atoms with Crippen molar-refractivity contribution in [1.82, 2.24) is 0 Å². The summed E-state index contributed by atoms with van der Waals surface area (Å²) < 4.78 is 5.65. The zero-order valence-corrected chi connectivity index (χ0v) is 10.6. The lowest BCUT2D eigenvalue weighted by Gasteiger charge is -2.37. The summed E-state index contributed by atoms with van der Waals surface area (Å²) in [5.41, 5.74) is 3.51. The van der Waals surface area contributed by atoms with E-state index in [9.17, 15) is 4.79 Å². The van der Waals surface area contributed by atoms with Crippen molar-refractivity contribution in [3.05, 3.63) is 34.8 Å². The molecule has 0 aromatic carbocycles. The van der Waals surface area contributed by atoms with Gasteiger partial charge in [-0.3, -0.25) is 4.79 Å². The maximum Gasteiger partial charge on any atom is 0.158 e. The van der Waals surface area contributed by atoms with Gasteiger partial charge < -0.3 is 4.42 Å². The molecule has 0 bridgehead atoms. The Labute approximate surface area is 102 Å². The summed E-state index contributed by atoms with van der Waals surface area (Å²) in [4.78, 5) is 11.8. The first-order valence-electron chi connectivity index (χ1n) is 6.36. The summed E-state index contributed by atoms with van der Waals surface area (Å²) in [6.07, 6.45) is 5.70. The van der Waals surface area contributed by atoms with Crippen molar-refractivity contribution < 1.29 is 9.21 Å². The van der Waals surface area contributed by atoms with Crippen LogP contribution in [0, 0.1) is 18.8 Å². The second-order valence-corrected chi connectivity index (χ2v) is 5.60. The van der Waals surface area contributed by atoms with Crippen LogP contribution < -0.4 is 0 Å². The number of hydrogen-bond donors (Lipinski definition) is 0. The van der Waals surface area contributed by atoms with Gasteiger partial charge in [0.25, 0.3) is 0 Å². The number of fused-ring (bicyclic) bond motifs is 3. The largest absolute Gasteiger partial charge is 0.469 e. The molecular weight excluding hydrogens is 212 g/mol. The molecular formula is C15H18O2. The molecule has 2 nitrogen and oxygen atoms in total. The minimum absolute atomic E-state index is 0.322. The molecule has 0 unspecified atom stereocenters. The van der Waals surface area contributed by atoms with Gasteiger partial charge in [0.05, 0.1) is 6.26 Å². The number of allylic oxidation sites excluding steroid dienone is 2. The smallest absolute Gasteiger partial charge is 0.158 e. The SMILES string of the molecule is CC1=C[C@H]2c3c(C)coc3C[C@H](C)[C@@H]2CC1=O. The van der Waals surface area contributed by atoms with E-state index in [1.54, 1.807) is 0 Å². The lowest BCUT2D eigenvalue weighted by Crippen LogP contribution is -2.32. The molecule has 0 saturated carbocycles. The van der Waals surface area contributed by atoms with Crippen molar-refractivity contribution in [3.8, 4) is 0 Å². The van der Waals surface area contributed by atoms with E-state index in [1.807, 2.05) is 13.2 Å². The maximum absolute atomic E-state index is 11.8. The minimum Gasteiger partial charge on any atom is -0.469 e. The predicted octanol–water partition coefficient (Wildman–Crippen LogP) is 3.40. The molecule has 0 amide bonds. The van der Waals surface area contributed by atoms with Crippen LogP contribution in [-0.2, 0) is 11.2 Å². The van der Waals surface area contributed by atoms with Crippen molar-refractivity contribution in [2.24, 2.45) is 11.8 Å². The van der Waals surface area contributed by atoms with Crippen LogP contribution in [0.4, 0.5) is 0 Å². The first-order valence-corrected chi connectivity index (χ1v) is 6.36. The van der Waals surface area contributed by atoms with Gasteiger partial charge in [0.1, 0.15) is 5.76 Å². The van der Waals surface area contributed by atoms with Crippen LogP contribution in [0.2, 0.25) is 0 Å². The fraction of sp³-hybridized carbons (Fsp3) is 0.533. The first kappa shape index (κ1) is 10.8. The van der Waals surface area contributed by atoms with E-state index in [-0.39, 0.29) is 0 Å². The van der Waals surface area contributed by atoms with Gasteiger partial charge in [-0.1, -0.05) is 13.0 Å². The molecule has 0 saturated heterocycles. The molecule has 2 aliphatic carbocycles. The van der Waals surface area contributed by atoms with Gasteiger partial charge in [-0.25, -0.2) is 0 Å². The Hall–Kier alpha value is -1.31. The van der Waals surface area contributed by atoms with E-state index in [0.717, 1.165) is 17.8 Å². The normalized spacial score (nSPS) is 31.8. The van der Waals surface area contributed by atoms with E-state index in [4.69, 9.17) is 4.42 Å². The molecule has 3 atom stereocenters. The number of carbonyl (C=O) groups excluding carboxylic acids is 1. The monoisotopic (exact) mass is 230 g/mol. The minimum atomic E-state index is 0.322. The van der Waals surface area contributed by atoms with E-state index in [0.29, 0.717) is 30.0 Å². The van der Waals surface area contributed by atoms with Gasteiger partial charge in [0.2, 0.25) is 0 Å². The van der Waals surface area contributed by atoms with Gasteiger partial charge in [0.15, 0.2) is 5.78 Å². The average Bonchev–Trinajstić information content (AvgIpc) is 2.63. The highest BCUT2D eigenvalue weighted by molar-refractivity contribution is 5.96. The Kier molecular flexibility index (Phi) is 2.29.